The van der Waals surface area contributed by atoms with E-state index in [0.29, 0.717) is 24.3 Å². The zero-order valence-corrected chi connectivity index (χ0v) is 15.8. The van der Waals surface area contributed by atoms with Gasteiger partial charge in [-0.3, -0.25) is 4.79 Å². The van der Waals surface area contributed by atoms with Crippen LogP contribution >= 0.6 is 0 Å². The summed E-state index contributed by atoms with van der Waals surface area (Å²) in [5, 5.41) is 2.76. The fourth-order valence-corrected chi connectivity index (χ4v) is 3.08. The number of halogens is 2. The molecule has 1 N–H and O–H groups in total. The maximum atomic E-state index is 13.3. The van der Waals surface area contributed by atoms with E-state index in [2.05, 4.69) is 15.2 Å². The summed E-state index contributed by atoms with van der Waals surface area (Å²) in [6.45, 7) is 2.48. The first kappa shape index (κ1) is 19.9. The second-order valence-corrected chi connectivity index (χ2v) is 6.62. The number of carbonyl (C=O) groups is 1. The van der Waals surface area contributed by atoms with Crippen molar-refractivity contribution >= 4 is 17.8 Å². The first-order valence-corrected chi connectivity index (χ1v) is 9.19. The van der Waals surface area contributed by atoms with E-state index in [0.717, 1.165) is 37.8 Å². The van der Waals surface area contributed by atoms with Crippen molar-refractivity contribution in [2.75, 3.05) is 38.3 Å². The monoisotopic (exact) mass is 387 g/mol. The van der Waals surface area contributed by atoms with Crippen LogP contribution < -0.4 is 10.2 Å². The minimum atomic E-state index is -0.834. The van der Waals surface area contributed by atoms with E-state index in [1.165, 1.54) is 11.6 Å². The molecule has 1 saturated heterocycles. The Balaban J connectivity index is 1.56. The normalized spacial score (nSPS) is 14.1. The van der Waals surface area contributed by atoms with Crippen molar-refractivity contribution in [1.82, 2.24) is 10.3 Å². The molecule has 1 aliphatic heterocycles. The number of methoxy groups -OCH3 is 1. The first-order valence-electron chi connectivity index (χ1n) is 9.19. The number of aromatic nitrogens is 1. The summed E-state index contributed by atoms with van der Waals surface area (Å²) >= 11 is 0. The molecule has 0 radical (unpaired) electrons. The summed E-state index contributed by atoms with van der Waals surface area (Å²) in [5.74, 6) is -1.02. The lowest BCUT2D eigenvalue weighted by atomic mass is 10.0. The van der Waals surface area contributed by atoms with Gasteiger partial charge < -0.3 is 15.0 Å². The summed E-state index contributed by atoms with van der Waals surface area (Å²) in [7, 11) is 1.58. The standard InChI is InChI=1S/C21H23F2N3O2/c1-28-11-8-24-21(27)17-3-5-20(25-14-17)26-9-6-15(7-10-26)12-16-2-4-18(22)19(23)13-16/h2-5,12-14H,6-11H2,1H3,(H,24,27). The molecule has 0 atom stereocenters. The molecule has 28 heavy (non-hydrogen) atoms. The van der Waals surface area contributed by atoms with Crippen LogP contribution in [0.15, 0.2) is 42.1 Å². The number of amides is 1. The van der Waals surface area contributed by atoms with Crippen molar-refractivity contribution in [2.45, 2.75) is 12.8 Å². The third-order valence-corrected chi connectivity index (χ3v) is 4.65. The number of nitrogens with one attached hydrogen (secondary N) is 1. The average molecular weight is 387 g/mol. The lowest BCUT2D eigenvalue weighted by molar-refractivity contribution is 0.0937. The zero-order valence-electron chi connectivity index (χ0n) is 15.8. The third kappa shape index (κ3) is 5.13. The average Bonchev–Trinajstić information content (AvgIpc) is 2.72. The van der Waals surface area contributed by atoms with Crippen molar-refractivity contribution in [3.05, 3.63) is 64.9 Å². The van der Waals surface area contributed by atoms with Crippen LogP contribution in [0.2, 0.25) is 0 Å². The molecule has 1 aromatic heterocycles. The number of ether oxygens (including phenoxy) is 1. The molecule has 5 nitrogen and oxygen atoms in total. The smallest absolute Gasteiger partial charge is 0.252 e. The molecule has 2 heterocycles. The quantitative estimate of drug-likeness (QED) is 0.772. The van der Waals surface area contributed by atoms with E-state index in [1.54, 1.807) is 25.4 Å². The minimum Gasteiger partial charge on any atom is -0.383 e. The molecule has 1 fully saturated rings. The Bertz CT molecular complexity index is 843. The van der Waals surface area contributed by atoms with Gasteiger partial charge in [0.05, 0.1) is 12.2 Å². The Morgan fingerprint density at radius 1 is 1.21 bits per heavy atom. The highest BCUT2D eigenvalue weighted by Gasteiger charge is 2.16. The highest BCUT2D eigenvalue weighted by Crippen LogP contribution is 2.23. The van der Waals surface area contributed by atoms with Crippen molar-refractivity contribution in [2.24, 2.45) is 0 Å². The zero-order chi connectivity index (χ0) is 19.9. The molecule has 0 aliphatic carbocycles. The molecule has 0 saturated carbocycles. The molecule has 3 rings (SSSR count). The Kier molecular flexibility index (Phi) is 6.71. The van der Waals surface area contributed by atoms with Crippen LogP contribution in [0.25, 0.3) is 6.08 Å². The second-order valence-electron chi connectivity index (χ2n) is 6.62. The number of carbonyl (C=O) groups excluding carboxylic acids is 1. The van der Waals surface area contributed by atoms with E-state index < -0.39 is 11.6 Å². The fourth-order valence-electron chi connectivity index (χ4n) is 3.08. The number of piperidine rings is 1. The van der Waals surface area contributed by atoms with Gasteiger partial charge in [-0.1, -0.05) is 17.7 Å². The van der Waals surface area contributed by atoms with Crippen LogP contribution in [-0.2, 0) is 4.74 Å². The Labute approximate surface area is 163 Å². The molecule has 148 valence electrons. The van der Waals surface area contributed by atoms with Crippen LogP contribution in [0.4, 0.5) is 14.6 Å². The van der Waals surface area contributed by atoms with Crippen LogP contribution in [0.5, 0.6) is 0 Å². The minimum absolute atomic E-state index is 0.175. The number of hydrogen-bond acceptors (Lipinski definition) is 4. The summed E-state index contributed by atoms with van der Waals surface area (Å²) in [6, 6.07) is 7.54. The fraction of sp³-hybridized carbons (Fsp3) is 0.333. The molecule has 1 aromatic carbocycles. The molecular formula is C21H23F2N3O2. The molecule has 7 heteroatoms. The van der Waals surface area contributed by atoms with E-state index in [1.807, 2.05) is 12.1 Å². The molecule has 1 amide bonds. The summed E-state index contributed by atoms with van der Waals surface area (Å²) in [5.41, 5.74) is 2.37. The Hall–Kier alpha value is -2.80. The van der Waals surface area contributed by atoms with Crippen LogP contribution in [-0.4, -0.2) is 44.2 Å². The van der Waals surface area contributed by atoms with Gasteiger partial charge in [-0.05, 0) is 42.7 Å². The van der Waals surface area contributed by atoms with Crippen molar-refractivity contribution in [3.8, 4) is 0 Å². The van der Waals surface area contributed by atoms with E-state index in [9.17, 15) is 13.6 Å². The van der Waals surface area contributed by atoms with Gasteiger partial charge in [0.2, 0.25) is 0 Å². The van der Waals surface area contributed by atoms with Gasteiger partial charge in [0.1, 0.15) is 5.82 Å². The summed E-state index contributed by atoms with van der Waals surface area (Å²) in [6.07, 6.45) is 5.13. The first-order chi connectivity index (χ1) is 13.6. The third-order valence-electron chi connectivity index (χ3n) is 4.65. The molecule has 1 aliphatic rings. The van der Waals surface area contributed by atoms with Gasteiger partial charge >= 0.3 is 0 Å². The predicted molar refractivity (Wildman–Crippen MR) is 104 cm³/mol. The lowest BCUT2D eigenvalue weighted by Crippen LogP contribution is -2.31. The number of rotatable bonds is 6. The molecule has 0 spiro atoms. The topological polar surface area (TPSA) is 54.5 Å². The predicted octanol–water partition coefficient (Wildman–Crippen LogP) is 3.42. The SMILES string of the molecule is COCCNC(=O)c1ccc(N2CCC(=Cc3ccc(F)c(F)c3)CC2)nc1. The van der Waals surface area contributed by atoms with E-state index >= 15 is 0 Å². The van der Waals surface area contributed by atoms with Crippen LogP contribution in [0, 0.1) is 11.6 Å². The largest absolute Gasteiger partial charge is 0.383 e. The number of anilines is 1. The molecular weight excluding hydrogens is 364 g/mol. The maximum Gasteiger partial charge on any atom is 0.252 e. The van der Waals surface area contributed by atoms with Gasteiger partial charge in [0.15, 0.2) is 11.6 Å². The van der Waals surface area contributed by atoms with Gasteiger partial charge in [0.25, 0.3) is 5.91 Å². The maximum absolute atomic E-state index is 13.3. The number of benzene rings is 1. The highest BCUT2D eigenvalue weighted by molar-refractivity contribution is 5.94. The van der Waals surface area contributed by atoms with Gasteiger partial charge in [-0.2, -0.15) is 0 Å². The lowest BCUT2D eigenvalue weighted by Gasteiger charge is -2.29. The summed E-state index contributed by atoms with van der Waals surface area (Å²) in [4.78, 5) is 18.5. The van der Waals surface area contributed by atoms with Crippen LogP contribution in [0.1, 0.15) is 28.8 Å². The van der Waals surface area contributed by atoms with Gasteiger partial charge in [-0.15, -0.1) is 0 Å². The molecule has 0 unspecified atom stereocenters. The van der Waals surface area contributed by atoms with Crippen LogP contribution in [0.3, 0.4) is 0 Å². The van der Waals surface area contributed by atoms with Crippen molar-refractivity contribution < 1.29 is 18.3 Å². The highest BCUT2D eigenvalue weighted by atomic mass is 19.2. The number of hydrogen-bond donors (Lipinski definition) is 1. The van der Waals surface area contributed by atoms with E-state index in [4.69, 9.17) is 4.74 Å². The number of pyridine rings is 1. The number of nitrogens with zero attached hydrogens (tertiary/aromatic N) is 2. The Morgan fingerprint density at radius 3 is 2.64 bits per heavy atom. The van der Waals surface area contributed by atoms with Gasteiger partial charge in [0, 0.05) is 32.9 Å². The second kappa shape index (κ2) is 9.41. The molecule has 0 bridgehead atoms. The van der Waals surface area contributed by atoms with Crippen molar-refractivity contribution in [3.63, 3.8) is 0 Å². The van der Waals surface area contributed by atoms with Gasteiger partial charge in [-0.25, -0.2) is 13.8 Å². The molecule has 2 aromatic rings. The Morgan fingerprint density at radius 2 is 2.00 bits per heavy atom. The summed E-state index contributed by atoms with van der Waals surface area (Å²) < 4.78 is 31.3. The van der Waals surface area contributed by atoms with E-state index in [-0.39, 0.29) is 5.91 Å². The van der Waals surface area contributed by atoms with Crippen molar-refractivity contribution in [1.29, 1.82) is 0 Å².